The SMILES string of the molecule is Cc1cc2c(Nc3ccc4nc[nH]c4c3)nc(C(F)(F)F)nc2[nH]1. The topological polar surface area (TPSA) is 82.3 Å². The number of nitrogens with zero attached hydrogens (tertiary/aromatic N) is 3. The second kappa shape index (κ2) is 4.95. The number of aromatic amines is 2. The fourth-order valence-corrected chi connectivity index (χ4v) is 2.51. The van der Waals surface area contributed by atoms with Gasteiger partial charge < -0.3 is 15.3 Å². The van der Waals surface area contributed by atoms with Crippen molar-refractivity contribution in [3.63, 3.8) is 0 Å². The number of anilines is 2. The van der Waals surface area contributed by atoms with Gasteiger partial charge in [0, 0.05) is 11.4 Å². The average molecular weight is 332 g/mol. The molecule has 9 heteroatoms. The maximum absolute atomic E-state index is 13.0. The monoisotopic (exact) mass is 332 g/mol. The summed E-state index contributed by atoms with van der Waals surface area (Å²) in [6, 6.07) is 6.94. The van der Waals surface area contributed by atoms with Gasteiger partial charge in [-0.3, -0.25) is 0 Å². The third-order valence-electron chi connectivity index (χ3n) is 3.56. The van der Waals surface area contributed by atoms with Gasteiger partial charge in [0.05, 0.1) is 22.7 Å². The Morgan fingerprint density at radius 3 is 2.75 bits per heavy atom. The molecule has 0 amide bonds. The predicted molar refractivity (Wildman–Crippen MR) is 83.0 cm³/mol. The van der Waals surface area contributed by atoms with Crippen molar-refractivity contribution >= 4 is 33.6 Å². The Morgan fingerprint density at radius 1 is 1.12 bits per heavy atom. The number of halogens is 3. The molecule has 0 radical (unpaired) electrons. The normalized spacial score (nSPS) is 12.2. The van der Waals surface area contributed by atoms with E-state index in [2.05, 4.69) is 30.2 Å². The quantitative estimate of drug-likeness (QED) is 0.520. The molecule has 0 aliphatic carbocycles. The number of benzene rings is 1. The summed E-state index contributed by atoms with van der Waals surface area (Å²) in [5.74, 6) is -1.10. The molecule has 0 saturated carbocycles. The van der Waals surface area contributed by atoms with Crippen LogP contribution in [0.2, 0.25) is 0 Å². The van der Waals surface area contributed by atoms with Gasteiger partial charge in [0.15, 0.2) is 0 Å². The van der Waals surface area contributed by atoms with Gasteiger partial charge in [-0.05, 0) is 31.2 Å². The highest BCUT2D eigenvalue weighted by Crippen LogP contribution is 2.32. The van der Waals surface area contributed by atoms with E-state index in [4.69, 9.17) is 0 Å². The van der Waals surface area contributed by atoms with E-state index in [0.29, 0.717) is 16.8 Å². The summed E-state index contributed by atoms with van der Waals surface area (Å²) in [5, 5.41) is 3.43. The van der Waals surface area contributed by atoms with E-state index in [1.807, 2.05) is 0 Å². The first kappa shape index (κ1) is 14.5. The smallest absolute Gasteiger partial charge is 0.345 e. The van der Waals surface area contributed by atoms with Crippen LogP contribution < -0.4 is 5.32 Å². The lowest BCUT2D eigenvalue weighted by atomic mass is 10.2. The van der Waals surface area contributed by atoms with Gasteiger partial charge in [-0.25, -0.2) is 15.0 Å². The number of aryl methyl sites for hydroxylation is 1. The van der Waals surface area contributed by atoms with Crippen LogP contribution >= 0.6 is 0 Å². The number of imidazole rings is 1. The van der Waals surface area contributed by atoms with Crippen LogP contribution in [0.15, 0.2) is 30.6 Å². The van der Waals surface area contributed by atoms with Crippen molar-refractivity contribution in [1.82, 2.24) is 24.9 Å². The van der Waals surface area contributed by atoms with Crippen molar-refractivity contribution in [3.8, 4) is 0 Å². The molecule has 0 saturated heterocycles. The zero-order valence-electron chi connectivity index (χ0n) is 12.4. The summed E-state index contributed by atoms with van der Waals surface area (Å²) in [5.41, 5.74) is 2.97. The summed E-state index contributed by atoms with van der Waals surface area (Å²) in [6.07, 6.45) is -3.08. The van der Waals surface area contributed by atoms with Crippen LogP contribution in [0.3, 0.4) is 0 Å². The number of fused-ring (bicyclic) bond motifs is 2. The Labute approximate surface area is 133 Å². The molecule has 122 valence electrons. The standard InChI is InChI=1S/C15H11F3N6/c1-7-4-9-12(21-7)23-14(15(16,17)18)24-13(9)22-8-2-3-10-11(5-8)20-6-19-10/h2-6H,1H3,(H,19,20)(H2,21,22,23,24). The molecule has 0 atom stereocenters. The molecule has 0 spiro atoms. The number of hydrogen-bond acceptors (Lipinski definition) is 4. The molecule has 4 rings (SSSR count). The number of aromatic nitrogens is 5. The van der Waals surface area contributed by atoms with Gasteiger partial charge in [0.2, 0.25) is 5.82 Å². The van der Waals surface area contributed by atoms with Crippen LogP contribution in [-0.4, -0.2) is 24.9 Å². The van der Waals surface area contributed by atoms with E-state index in [0.717, 1.165) is 11.0 Å². The lowest BCUT2D eigenvalue weighted by Crippen LogP contribution is -2.12. The first-order valence-corrected chi connectivity index (χ1v) is 7.05. The van der Waals surface area contributed by atoms with E-state index in [-0.39, 0.29) is 11.5 Å². The predicted octanol–water partition coefficient (Wildman–Crippen LogP) is 3.91. The number of alkyl halides is 3. The van der Waals surface area contributed by atoms with Crippen molar-refractivity contribution in [2.75, 3.05) is 5.32 Å². The van der Waals surface area contributed by atoms with E-state index < -0.39 is 12.0 Å². The van der Waals surface area contributed by atoms with Gasteiger partial charge >= 0.3 is 6.18 Å². The molecule has 0 aliphatic heterocycles. The van der Waals surface area contributed by atoms with Crippen LogP contribution in [0, 0.1) is 6.92 Å². The zero-order chi connectivity index (χ0) is 16.9. The summed E-state index contributed by atoms with van der Waals surface area (Å²) in [4.78, 5) is 17.1. The Kier molecular flexibility index (Phi) is 2.99. The van der Waals surface area contributed by atoms with Crippen LogP contribution in [0.4, 0.5) is 24.7 Å². The molecule has 3 heterocycles. The van der Waals surface area contributed by atoms with Crippen LogP contribution in [0.5, 0.6) is 0 Å². The minimum atomic E-state index is -4.63. The van der Waals surface area contributed by atoms with Gasteiger partial charge in [0.1, 0.15) is 11.5 Å². The van der Waals surface area contributed by atoms with Gasteiger partial charge in [-0.1, -0.05) is 0 Å². The molecule has 0 fully saturated rings. The maximum atomic E-state index is 13.0. The minimum Gasteiger partial charge on any atom is -0.345 e. The second-order valence-corrected chi connectivity index (χ2v) is 5.37. The highest BCUT2D eigenvalue weighted by atomic mass is 19.4. The van der Waals surface area contributed by atoms with E-state index in [1.54, 1.807) is 37.5 Å². The first-order chi connectivity index (χ1) is 11.4. The lowest BCUT2D eigenvalue weighted by molar-refractivity contribution is -0.144. The molecule has 0 aliphatic rings. The number of nitrogens with one attached hydrogen (secondary N) is 3. The van der Waals surface area contributed by atoms with Crippen molar-refractivity contribution in [2.45, 2.75) is 13.1 Å². The van der Waals surface area contributed by atoms with Crippen molar-refractivity contribution in [1.29, 1.82) is 0 Å². The highest BCUT2D eigenvalue weighted by molar-refractivity contribution is 5.91. The summed E-state index contributed by atoms with van der Waals surface area (Å²) in [7, 11) is 0. The molecular weight excluding hydrogens is 321 g/mol. The van der Waals surface area contributed by atoms with Crippen LogP contribution in [0.25, 0.3) is 22.1 Å². The fourth-order valence-electron chi connectivity index (χ4n) is 2.51. The number of rotatable bonds is 2. The molecule has 0 unspecified atom stereocenters. The molecule has 3 N–H and O–H groups in total. The van der Waals surface area contributed by atoms with Gasteiger partial charge in [0.25, 0.3) is 0 Å². The number of hydrogen-bond donors (Lipinski definition) is 3. The van der Waals surface area contributed by atoms with Gasteiger partial charge in [-0.2, -0.15) is 13.2 Å². The van der Waals surface area contributed by atoms with E-state index in [1.165, 1.54) is 0 Å². The van der Waals surface area contributed by atoms with Crippen LogP contribution in [-0.2, 0) is 6.18 Å². The van der Waals surface area contributed by atoms with Crippen molar-refractivity contribution < 1.29 is 13.2 Å². The molecule has 1 aromatic carbocycles. The molecule has 3 aromatic heterocycles. The molecule has 24 heavy (non-hydrogen) atoms. The van der Waals surface area contributed by atoms with Crippen molar-refractivity contribution in [2.24, 2.45) is 0 Å². The molecule has 6 nitrogen and oxygen atoms in total. The lowest BCUT2D eigenvalue weighted by Gasteiger charge is -2.10. The Hall–Kier alpha value is -3.10. The van der Waals surface area contributed by atoms with Gasteiger partial charge in [-0.15, -0.1) is 0 Å². The van der Waals surface area contributed by atoms with Crippen molar-refractivity contribution in [3.05, 3.63) is 42.1 Å². The number of H-pyrrole nitrogens is 2. The fraction of sp³-hybridized carbons (Fsp3) is 0.133. The third-order valence-corrected chi connectivity index (χ3v) is 3.56. The Balaban J connectivity index is 1.84. The summed E-state index contributed by atoms with van der Waals surface area (Å²) >= 11 is 0. The van der Waals surface area contributed by atoms with E-state index in [9.17, 15) is 13.2 Å². The first-order valence-electron chi connectivity index (χ1n) is 7.05. The molecular formula is C15H11F3N6. The zero-order valence-corrected chi connectivity index (χ0v) is 12.4. The average Bonchev–Trinajstić information content (AvgIpc) is 3.11. The maximum Gasteiger partial charge on any atom is 0.451 e. The summed E-state index contributed by atoms with van der Waals surface area (Å²) < 4.78 is 39.1. The highest BCUT2D eigenvalue weighted by Gasteiger charge is 2.36. The molecule has 4 aromatic rings. The third kappa shape index (κ3) is 2.43. The Morgan fingerprint density at radius 2 is 1.96 bits per heavy atom. The van der Waals surface area contributed by atoms with E-state index >= 15 is 0 Å². The summed E-state index contributed by atoms with van der Waals surface area (Å²) in [6.45, 7) is 1.75. The van der Waals surface area contributed by atoms with Crippen LogP contribution in [0.1, 0.15) is 11.5 Å². The second-order valence-electron chi connectivity index (χ2n) is 5.37. The Bertz CT molecular complexity index is 1050. The minimum absolute atomic E-state index is 0.0931. The molecule has 0 bridgehead atoms. The largest absolute Gasteiger partial charge is 0.451 e.